The van der Waals surface area contributed by atoms with E-state index in [-0.39, 0.29) is 12.5 Å². The monoisotopic (exact) mass is 428 g/mol. The third-order valence-electron chi connectivity index (χ3n) is 4.89. The largest absolute Gasteiger partial charge is 0.480 e. The summed E-state index contributed by atoms with van der Waals surface area (Å²) in [4.78, 5) is 21.5. The van der Waals surface area contributed by atoms with Gasteiger partial charge in [0.2, 0.25) is 0 Å². The molecule has 0 radical (unpaired) electrons. The summed E-state index contributed by atoms with van der Waals surface area (Å²) in [5.74, 6) is 0.348. The highest BCUT2D eigenvalue weighted by molar-refractivity contribution is 7.21. The number of carbonyl (C=O) groups is 1. The minimum Gasteiger partial charge on any atom is -0.480 e. The highest BCUT2D eigenvalue weighted by Crippen LogP contribution is 2.31. The lowest BCUT2D eigenvalue weighted by Crippen LogP contribution is -2.20. The first kappa shape index (κ1) is 19.3. The van der Waals surface area contributed by atoms with Crippen LogP contribution in [0.4, 0.5) is 5.69 Å². The minimum atomic E-state index is -0.228. The smallest absolute Gasteiger partial charge is 0.262 e. The average Bonchev–Trinajstić information content (AvgIpc) is 3.35. The Balaban J connectivity index is 1.25. The predicted molar refractivity (Wildman–Crippen MR) is 124 cm³/mol. The highest BCUT2D eigenvalue weighted by Gasteiger charge is 2.10. The molecule has 1 amide bonds. The van der Waals surface area contributed by atoms with Crippen LogP contribution in [-0.2, 0) is 4.79 Å². The zero-order valence-electron chi connectivity index (χ0n) is 17.1. The second-order valence-electron chi connectivity index (χ2n) is 7.39. The van der Waals surface area contributed by atoms with Crippen LogP contribution >= 0.6 is 11.3 Å². The first-order valence-corrected chi connectivity index (χ1v) is 10.7. The number of carbonyl (C=O) groups excluding carboxylic acids is 1. The van der Waals surface area contributed by atoms with Crippen LogP contribution in [0.3, 0.4) is 0 Å². The molecule has 6 nitrogen and oxygen atoms in total. The Bertz CT molecular complexity index is 1400. The van der Waals surface area contributed by atoms with Crippen molar-refractivity contribution in [3.63, 3.8) is 0 Å². The van der Waals surface area contributed by atoms with Gasteiger partial charge in [0.05, 0.1) is 15.9 Å². The maximum Gasteiger partial charge on any atom is 0.262 e. The van der Waals surface area contributed by atoms with Crippen LogP contribution < -0.4 is 10.1 Å². The molecule has 2 aromatic carbocycles. The second kappa shape index (κ2) is 7.85. The number of aromatic nitrogens is 3. The van der Waals surface area contributed by atoms with Crippen molar-refractivity contribution in [3.05, 3.63) is 78.2 Å². The molecular weight excluding hydrogens is 408 g/mol. The lowest BCUT2D eigenvalue weighted by molar-refractivity contribution is -0.118. The van der Waals surface area contributed by atoms with E-state index in [9.17, 15) is 4.79 Å². The number of thiazole rings is 1. The molecule has 0 bridgehead atoms. The van der Waals surface area contributed by atoms with E-state index >= 15 is 0 Å². The zero-order valence-corrected chi connectivity index (χ0v) is 17.9. The third-order valence-corrected chi connectivity index (χ3v) is 5.95. The van der Waals surface area contributed by atoms with E-state index in [1.54, 1.807) is 11.3 Å². The van der Waals surface area contributed by atoms with Crippen molar-refractivity contribution >= 4 is 38.8 Å². The number of amides is 1. The molecule has 0 saturated heterocycles. The number of anilines is 1. The van der Waals surface area contributed by atoms with E-state index in [1.807, 2.05) is 66.2 Å². The average molecular weight is 429 g/mol. The lowest BCUT2D eigenvalue weighted by atomic mass is 10.2. The van der Waals surface area contributed by atoms with Gasteiger partial charge in [-0.15, -0.1) is 11.3 Å². The van der Waals surface area contributed by atoms with Gasteiger partial charge >= 0.3 is 0 Å². The number of pyridine rings is 1. The van der Waals surface area contributed by atoms with Gasteiger partial charge in [-0.25, -0.2) is 9.97 Å². The van der Waals surface area contributed by atoms with Crippen LogP contribution in [-0.4, -0.2) is 26.9 Å². The summed E-state index contributed by atoms with van der Waals surface area (Å²) in [5.41, 5.74) is 5.55. The summed E-state index contributed by atoms with van der Waals surface area (Å²) in [6.07, 6.45) is 3.81. The molecule has 0 aliphatic heterocycles. The summed E-state index contributed by atoms with van der Waals surface area (Å²) in [5, 5.41) is 3.83. The molecule has 0 unspecified atom stereocenters. The van der Waals surface area contributed by atoms with Crippen LogP contribution in [0.15, 0.2) is 67.0 Å². The number of hydrogen-bond acceptors (Lipinski definition) is 5. The molecule has 0 saturated carbocycles. The van der Waals surface area contributed by atoms with Gasteiger partial charge in [0, 0.05) is 23.6 Å². The van der Waals surface area contributed by atoms with Gasteiger partial charge in [-0.1, -0.05) is 6.07 Å². The molecule has 154 valence electrons. The number of nitrogens with one attached hydrogen (secondary N) is 1. The first-order chi connectivity index (χ1) is 15.0. The molecule has 3 heterocycles. The van der Waals surface area contributed by atoms with Crippen LogP contribution in [0.2, 0.25) is 0 Å². The van der Waals surface area contributed by atoms with Gasteiger partial charge in [0.15, 0.2) is 18.0 Å². The Morgan fingerprint density at radius 2 is 1.94 bits per heavy atom. The molecule has 7 heteroatoms. The SMILES string of the molecule is Cc1ccc2nc(-c3ccc(NC(=O)COc4cccn5cc(C)nc45)cc3)sc2c1. The minimum absolute atomic E-state index is 0.0927. The fourth-order valence-electron chi connectivity index (χ4n) is 3.41. The number of rotatable bonds is 5. The summed E-state index contributed by atoms with van der Waals surface area (Å²) >= 11 is 1.67. The first-order valence-electron chi connectivity index (χ1n) is 9.90. The molecular formula is C24H20N4O2S. The molecule has 0 aliphatic carbocycles. The Morgan fingerprint density at radius 1 is 1.10 bits per heavy atom. The summed E-state index contributed by atoms with van der Waals surface area (Å²) in [7, 11) is 0. The molecule has 0 aliphatic rings. The van der Waals surface area contributed by atoms with Crippen LogP contribution in [0, 0.1) is 13.8 Å². The Hall–Kier alpha value is -3.71. The van der Waals surface area contributed by atoms with Gasteiger partial charge in [-0.3, -0.25) is 4.79 Å². The van der Waals surface area contributed by atoms with Crippen LogP contribution in [0.25, 0.3) is 26.4 Å². The normalized spacial score (nSPS) is 11.2. The quantitative estimate of drug-likeness (QED) is 0.415. The Morgan fingerprint density at radius 3 is 2.77 bits per heavy atom. The molecule has 0 atom stereocenters. The summed E-state index contributed by atoms with van der Waals surface area (Å²) in [6.45, 7) is 3.91. The number of imidazole rings is 1. The van der Waals surface area contributed by atoms with E-state index < -0.39 is 0 Å². The van der Waals surface area contributed by atoms with Gasteiger partial charge in [0.1, 0.15) is 5.01 Å². The van der Waals surface area contributed by atoms with Crippen molar-refractivity contribution in [1.82, 2.24) is 14.4 Å². The molecule has 3 aromatic heterocycles. The van der Waals surface area contributed by atoms with E-state index in [4.69, 9.17) is 9.72 Å². The van der Waals surface area contributed by atoms with Gasteiger partial charge in [-0.2, -0.15) is 0 Å². The fourth-order valence-corrected chi connectivity index (χ4v) is 4.48. The van der Waals surface area contributed by atoms with Gasteiger partial charge in [-0.05, 0) is 67.9 Å². The maximum absolute atomic E-state index is 12.4. The van der Waals surface area contributed by atoms with Crippen LogP contribution in [0.1, 0.15) is 11.3 Å². The lowest BCUT2D eigenvalue weighted by Gasteiger charge is -2.08. The van der Waals surface area contributed by atoms with Crippen molar-refractivity contribution in [2.75, 3.05) is 11.9 Å². The van der Waals surface area contributed by atoms with Crippen LogP contribution in [0.5, 0.6) is 5.75 Å². The van der Waals surface area contributed by atoms with Gasteiger partial charge < -0.3 is 14.5 Å². The number of hydrogen-bond donors (Lipinski definition) is 1. The third kappa shape index (κ3) is 4.00. The molecule has 0 fully saturated rings. The van der Waals surface area contributed by atoms with Crippen molar-refractivity contribution in [2.24, 2.45) is 0 Å². The molecule has 0 spiro atoms. The Labute approximate surface area is 183 Å². The molecule has 1 N–H and O–H groups in total. The van der Waals surface area contributed by atoms with E-state index in [2.05, 4.69) is 29.4 Å². The molecule has 5 rings (SSSR count). The Kier molecular flexibility index (Phi) is 4.88. The van der Waals surface area contributed by atoms with Crippen molar-refractivity contribution < 1.29 is 9.53 Å². The summed E-state index contributed by atoms with van der Waals surface area (Å²) < 4.78 is 8.75. The van der Waals surface area contributed by atoms with Crippen molar-refractivity contribution in [3.8, 4) is 16.3 Å². The second-order valence-corrected chi connectivity index (χ2v) is 8.42. The number of aryl methyl sites for hydroxylation is 2. The molecule has 31 heavy (non-hydrogen) atoms. The standard InChI is InChI=1S/C24H20N4O2S/c1-15-5-10-19-21(12-15)31-24(27-19)17-6-8-18(9-7-17)26-22(29)14-30-20-4-3-11-28-13-16(2)25-23(20)28/h3-13H,14H2,1-2H3,(H,26,29). The number of fused-ring (bicyclic) bond motifs is 2. The fraction of sp³-hybridized carbons (Fsp3) is 0.125. The van der Waals surface area contributed by atoms with E-state index in [0.717, 1.165) is 21.8 Å². The van der Waals surface area contributed by atoms with E-state index in [0.29, 0.717) is 17.1 Å². The number of benzene rings is 2. The topological polar surface area (TPSA) is 68.5 Å². The summed E-state index contributed by atoms with van der Waals surface area (Å²) in [6, 6.07) is 17.6. The molecule has 5 aromatic rings. The van der Waals surface area contributed by atoms with E-state index in [1.165, 1.54) is 10.3 Å². The number of ether oxygens (including phenoxy) is 1. The van der Waals surface area contributed by atoms with Crippen molar-refractivity contribution in [1.29, 1.82) is 0 Å². The van der Waals surface area contributed by atoms with Gasteiger partial charge in [0.25, 0.3) is 5.91 Å². The zero-order chi connectivity index (χ0) is 21.4. The predicted octanol–water partition coefficient (Wildman–Crippen LogP) is 5.25. The van der Waals surface area contributed by atoms with Crippen molar-refractivity contribution in [2.45, 2.75) is 13.8 Å². The maximum atomic E-state index is 12.4. The number of nitrogens with zero attached hydrogens (tertiary/aromatic N) is 3. The highest BCUT2D eigenvalue weighted by atomic mass is 32.1.